The predicted molar refractivity (Wildman–Crippen MR) is 58.9 cm³/mol. The van der Waals surface area contributed by atoms with Crippen LogP contribution in [-0.4, -0.2) is 24.5 Å². The molecule has 1 heteroatoms. The van der Waals surface area contributed by atoms with Crippen molar-refractivity contribution in [2.75, 3.05) is 19.6 Å². The largest absolute Gasteiger partial charge is 0.303 e. The number of nitrogens with zero attached hydrogens (tertiary/aromatic N) is 1. The van der Waals surface area contributed by atoms with Gasteiger partial charge in [-0.25, -0.2) is 0 Å². The second kappa shape index (κ2) is 4.45. The predicted octanol–water partition coefficient (Wildman–Crippen LogP) is 3.15. The monoisotopic (exact) mass is 183 g/mol. The summed E-state index contributed by atoms with van der Waals surface area (Å²) in [5.41, 5.74) is 0.466. The van der Waals surface area contributed by atoms with Gasteiger partial charge in [-0.3, -0.25) is 0 Å². The third kappa shape index (κ3) is 4.66. The van der Waals surface area contributed by atoms with Gasteiger partial charge in [-0.2, -0.15) is 0 Å². The van der Waals surface area contributed by atoms with Crippen LogP contribution >= 0.6 is 0 Å². The Balaban J connectivity index is 2.34. The Morgan fingerprint density at radius 2 is 1.85 bits per heavy atom. The van der Waals surface area contributed by atoms with Gasteiger partial charge >= 0.3 is 0 Å². The molecule has 1 aliphatic heterocycles. The molecule has 0 N–H and O–H groups in total. The minimum absolute atomic E-state index is 0.466. The summed E-state index contributed by atoms with van der Waals surface area (Å²) in [5.74, 6) is 0.949. The van der Waals surface area contributed by atoms with Gasteiger partial charge in [0, 0.05) is 6.54 Å². The van der Waals surface area contributed by atoms with Crippen LogP contribution in [0.3, 0.4) is 0 Å². The van der Waals surface area contributed by atoms with Crippen molar-refractivity contribution in [2.24, 2.45) is 11.3 Å². The molecule has 1 nitrogen and oxygen atoms in total. The molecule has 0 aliphatic carbocycles. The lowest BCUT2D eigenvalue weighted by molar-refractivity contribution is 0.196. The second-order valence-electron chi connectivity index (χ2n) is 5.87. The summed E-state index contributed by atoms with van der Waals surface area (Å²) < 4.78 is 0. The van der Waals surface area contributed by atoms with Crippen molar-refractivity contribution >= 4 is 0 Å². The first kappa shape index (κ1) is 11.0. The van der Waals surface area contributed by atoms with Crippen LogP contribution in [0.1, 0.15) is 47.0 Å². The fraction of sp³-hybridized carbons (Fsp3) is 1.00. The van der Waals surface area contributed by atoms with Gasteiger partial charge < -0.3 is 4.90 Å². The fourth-order valence-electron chi connectivity index (χ4n) is 2.15. The molecule has 0 aromatic heterocycles. The van der Waals surface area contributed by atoms with Gasteiger partial charge in [-0.05, 0) is 43.7 Å². The lowest BCUT2D eigenvalue weighted by atomic mass is 9.96. The summed E-state index contributed by atoms with van der Waals surface area (Å²) in [4.78, 5) is 2.64. The second-order valence-corrected chi connectivity index (χ2v) is 5.87. The Hall–Kier alpha value is -0.0400. The van der Waals surface area contributed by atoms with Crippen LogP contribution in [0, 0.1) is 11.3 Å². The minimum atomic E-state index is 0.466. The summed E-state index contributed by atoms with van der Waals surface area (Å²) in [7, 11) is 0. The quantitative estimate of drug-likeness (QED) is 0.603. The Kier molecular flexibility index (Phi) is 3.78. The molecule has 0 saturated carbocycles. The molecule has 1 unspecified atom stereocenters. The van der Waals surface area contributed by atoms with Crippen molar-refractivity contribution in [3.05, 3.63) is 0 Å². The number of hydrogen-bond donors (Lipinski definition) is 0. The van der Waals surface area contributed by atoms with Crippen LogP contribution in [0.4, 0.5) is 0 Å². The molecule has 1 fully saturated rings. The molecular formula is C12H25N. The Bertz CT molecular complexity index is 146. The number of hydrogen-bond acceptors (Lipinski definition) is 1. The van der Waals surface area contributed by atoms with Gasteiger partial charge in [-0.15, -0.1) is 0 Å². The number of rotatable bonds is 1. The maximum absolute atomic E-state index is 2.64. The molecule has 0 aromatic rings. The Morgan fingerprint density at radius 1 is 1.15 bits per heavy atom. The molecule has 1 aliphatic rings. The summed E-state index contributed by atoms with van der Waals surface area (Å²) in [6.07, 6.45) is 4.23. The zero-order valence-corrected chi connectivity index (χ0v) is 9.77. The van der Waals surface area contributed by atoms with Gasteiger partial charge in [0.2, 0.25) is 0 Å². The van der Waals surface area contributed by atoms with Crippen molar-refractivity contribution in [2.45, 2.75) is 47.0 Å². The van der Waals surface area contributed by atoms with Crippen molar-refractivity contribution in [1.29, 1.82) is 0 Å². The van der Waals surface area contributed by atoms with Crippen LogP contribution in [0.2, 0.25) is 0 Å². The molecular weight excluding hydrogens is 158 g/mol. The molecule has 1 atom stereocenters. The van der Waals surface area contributed by atoms with E-state index >= 15 is 0 Å². The molecule has 0 spiro atoms. The molecule has 1 saturated heterocycles. The fourth-order valence-corrected chi connectivity index (χ4v) is 2.15. The summed E-state index contributed by atoms with van der Waals surface area (Å²) in [6, 6.07) is 0. The van der Waals surface area contributed by atoms with Crippen LogP contribution < -0.4 is 0 Å². The van der Waals surface area contributed by atoms with E-state index in [0.29, 0.717) is 5.41 Å². The average molecular weight is 183 g/mol. The molecule has 1 heterocycles. The van der Waals surface area contributed by atoms with E-state index in [1.165, 1.54) is 38.9 Å². The molecule has 0 bridgehead atoms. The van der Waals surface area contributed by atoms with Crippen LogP contribution in [-0.2, 0) is 0 Å². The lowest BCUT2D eigenvalue weighted by Crippen LogP contribution is -2.33. The van der Waals surface area contributed by atoms with E-state index in [1.807, 2.05) is 0 Å². The Morgan fingerprint density at radius 3 is 2.46 bits per heavy atom. The first-order valence-corrected chi connectivity index (χ1v) is 5.70. The molecule has 1 rings (SSSR count). The number of likely N-dealkylation sites (tertiary alicyclic amines) is 1. The molecule has 0 aromatic carbocycles. The first-order chi connectivity index (χ1) is 5.97. The van der Waals surface area contributed by atoms with E-state index in [1.54, 1.807) is 0 Å². The van der Waals surface area contributed by atoms with Crippen LogP contribution in [0.5, 0.6) is 0 Å². The summed E-state index contributed by atoms with van der Waals surface area (Å²) in [6.45, 7) is 13.3. The van der Waals surface area contributed by atoms with E-state index in [4.69, 9.17) is 0 Å². The highest BCUT2D eigenvalue weighted by atomic mass is 15.1. The van der Waals surface area contributed by atoms with Crippen molar-refractivity contribution in [1.82, 2.24) is 4.90 Å². The van der Waals surface area contributed by atoms with Crippen LogP contribution in [0.25, 0.3) is 0 Å². The third-order valence-corrected chi connectivity index (χ3v) is 2.81. The highest BCUT2D eigenvalue weighted by molar-refractivity contribution is 4.72. The van der Waals surface area contributed by atoms with Gasteiger partial charge in [0.15, 0.2) is 0 Å². The smallest absolute Gasteiger partial charge is 0.00300 e. The topological polar surface area (TPSA) is 3.24 Å². The third-order valence-electron chi connectivity index (χ3n) is 2.81. The SMILES string of the molecule is CC1CCCN(CC(C)(C)C)CC1. The summed E-state index contributed by atoms with van der Waals surface area (Å²) >= 11 is 0. The normalized spacial score (nSPS) is 27.2. The van der Waals surface area contributed by atoms with Gasteiger partial charge in [0.25, 0.3) is 0 Å². The Labute approximate surface area is 83.5 Å². The van der Waals surface area contributed by atoms with E-state index in [0.717, 1.165) is 5.92 Å². The molecule has 78 valence electrons. The zero-order valence-electron chi connectivity index (χ0n) is 9.77. The highest BCUT2D eigenvalue weighted by Gasteiger charge is 2.19. The van der Waals surface area contributed by atoms with Crippen molar-refractivity contribution < 1.29 is 0 Å². The van der Waals surface area contributed by atoms with E-state index in [9.17, 15) is 0 Å². The standard InChI is InChI=1S/C12H25N/c1-11-6-5-8-13(9-7-11)10-12(2,3)4/h11H,5-10H2,1-4H3. The van der Waals surface area contributed by atoms with Crippen LogP contribution in [0.15, 0.2) is 0 Å². The zero-order chi connectivity index (χ0) is 9.90. The van der Waals surface area contributed by atoms with Gasteiger partial charge in [-0.1, -0.05) is 27.7 Å². The minimum Gasteiger partial charge on any atom is -0.303 e. The van der Waals surface area contributed by atoms with E-state index < -0.39 is 0 Å². The van der Waals surface area contributed by atoms with E-state index in [-0.39, 0.29) is 0 Å². The van der Waals surface area contributed by atoms with E-state index in [2.05, 4.69) is 32.6 Å². The maximum atomic E-state index is 2.64. The maximum Gasteiger partial charge on any atom is 0.00300 e. The van der Waals surface area contributed by atoms with Gasteiger partial charge in [0.05, 0.1) is 0 Å². The first-order valence-electron chi connectivity index (χ1n) is 5.70. The molecule has 0 radical (unpaired) electrons. The van der Waals surface area contributed by atoms with Crippen molar-refractivity contribution in [3.63, 3.8) is 0 Å². The summed E-state index contributed by atoms with van der Waals surface area (Å²) in [5, 5.41) is 0. The van der Waals surface area contributed by atoms with Gasteiger partial charge in [0.1, 0.15) is 0 Å². The molecule has 0 amide bonds. The van der Waals surface area contributed by atoms with Crippen molar-refractivity contribution in [3.8, 4) is 0 Å². The average Bonchev–Trinajstić information content (AvgIpc) is 2.12. The molecule has 13 heavy (non-hydrogen) atoms. The lowest BCUT2D eigenvalue weighted by Gasteiger charge is -2.28. The highest BCUT2D eigenvalue weighted by Crippen LogP contribution is 2.21.